The highest BCUT2D eigenvalue weighted by molar-refractivity contribution is 5.76. The number of amides is 1. The van der Waals surface area contributed by atoms with Crippen LogP contribution in [0.1, 0.15) is 271 Å². The lowest BCUT2D eigenvalue weighted by Gasteiger charge is -2.20. The number of hydrogen-bond donors (Lipinski definition) is 3. The standard InChI is InChI=1S/C50H97NO5/c1-3-5-7-9-11-13-23-28-32-36-40-44-50(55)56-45-41-37-33-29-25-22-20-18-16-14-15-17-19-21-24-27-31-35-39-43-49(54)51-47(46-52)48(53)42-38-34-30-26-12-10-8-6-4-2/h38,42,47-48,52-53H,3-37,39-41,43-46H2,1-2H3,(H,51,54)/b42-38+. The molecule has 0 rings (SSSR count). The van der Waals surface area contributed by atoms with Crippen LogP contribution < -0.4 is 5.32 Å². The molecular weight excluding hydrogens is 695 g/mol. The number of aliphatic hydroxyl groups excluding tert-OH is 2. The predicted octanol–water partition coefficient (Wildman–Crippen LogP) is 14.6. The van der Waals surface area contributed by atoms with Crippen LogP contribution in [0, 0.1) is 0 Å². The minimum Gasteiger partial charge on any atom is -0.466 e. The van der Waals surface area contributed by atoms with Crippen molar-refractivity contribution in [1.82, 2.24) is 5.32 Å². The molecule has 0 aliphatic carbocycles. The highest BCUT2D eigenvalue weighted by Crippen LogP contribution is 2.16. The summed E-state index contributed by atoms with van der Waals surface area (Å²) >= 11 is 0. The van der Waals surface area contributed by atoms with Crippen molar-refractivity contribution in [1.29, 1.82) is 0 Å². The van der Waals surface area contributed by atoms with Gasteiger partial charge in [-0.3, -0.25) is 9.59 Å². The molecule has 0 spiro atoms. The quantitative estimate of drug-likeness (QED) is 0.0324. The lowest BCUT2D eigenvalue weighted by Crippen LogP contribution is -2.45. The van der Waals surface area contributed by atoms with Crippen LogP contribution in [0.5, 0.6) is 0 Å². The number of esters is 1. The number of rotatable bonds is 46. The van der Waals surface area contributed by atoms with Gasteiger partial charge in [0.25, 0.3) is 0 Å². The molecule has 6 heteroatoms. The summed E-state index contributed by atoms with van der Waals surface area (Å²) in [5.74, 6) is -0.0657. The molecule has 332 valence electrons. The minimum absolute atomic E-state index is 0.00759. The van der Waals surface area contributed by atoms with Crippen LogP contribution in [0.4, 0.5) is 0 Å². The lowest BCUT2D eigenvalue weighted by molar-refractivity contribution is -0.143. The first-order valence-corrected chi connectivity index (χ1v) is 25.0. The monoisotopic (exact) mass is 792 g/mol. The topological polar surface area (TPSA) is 95.9 Å². The van der Waals surface area contributed by atoms with Gasteiger partial charge in [0.1, 0.15) is 0 Å². The summed E-state index contributed by atoms with van der Waals surface area (Å²) < 4.78 is 5.45. The van der Waals surface area contributed by atoms with Crippen molar-refractivity contribution in [2.75, 3.05) is 13.2 Å². The highest BCUT2D eigenvalue weighted by atomic mass is 16.5. The van der Waals surface area contributed by atoms with Crippen LogP contribution in [-0.2, 0) is 14.3 Å². The van der Waals surface area contributed by atoms with Gasteiger partial charge in [0.15, 0.2) is 0 Å². The Hall–Kier alpha value is -1.40. The molecule has 0 aliphatic rings. The highest BCUT2D eigenvalue weighted by Gasteiger charge is 2.18. The summed E-state index contributed by atoms with van der Waals surface area (Å²) in [4.78, 5) is 24.3. The molecular formula is C50H97NO5. The van der Waals surface area contributed by atoms with E-state index in [1.54, 1.807) is 6.08 Å². The van der Waals surface area contributed by atoms with Crippen LogP contribution in [0.15, 0.2) is 12.2 Å². The summed E-state index contributed by atoms with van der Waals surface area (Å²) in [6.07, 6.45) is 52.2. The minimum atomic E-state index is -0.842. The first kappa shape index (κ1) is 54.6. The van der Waals surface area contributed by atoms with E-state index in [0.717, 1.165) is 38.5 Å². The number of hydrogen-bond acceptors (Lipinski definition) is 5. The smallest absolute Gasteiger partial charge is 0.305 e. The lowest BCUT2D eigenvalue weighted by atomic mass is 10.0. The van der Waals surface area contributed by atoms with E-state index in [1.807, 2.05) is 6.08 Å². The Morgan fingerprint density at radius 1 is 0.482 bits per heavy atom. The number of carbonyl (C=O) groups is 2. The van der Waals surface area contributed by atoms with E-state index in [2.05, 4.69) is 19.2 Å². The van der Waals surface area contributed by atoms with Crippen LogP contribution in [-0.4, -0.2) is 47.4 Å². The zero-order valence-corrected chi connectivity index (χ0v) is 37.6. The first-order valence-electron chi connectivity index (χ1n) is 25.0. The van der Waals surface area contributed by atoms with E-state index in [1.165, 1.54) is 205 Å². The molecule has 2 unspecified atom stereocenters. The third-order valence-corrected chi connectivity index (χ3v) is 11.6. The zero-order valence-electron chi connectivity index (χ0n) is 37.6. The summed E-state index contributed by atoms with van der Waals surface area (Å²) in [6.45, 7) is 4.86. The summed E-state index contributed by atoms with van der Waals surface area (Å²) in [6, 6.07) is -0.626. The van der Waals surface area contributed by atoms with Crippen molar-refractivity contribution in [3.8, 4) is 0 Å². The van der Waals surface area contributed by atoms with Crippen LogP contribution in [0.3, 0.4) is 0 Å². The average molecular weight is 792 g/mol. The van der Waals surface area contributed by atoms with Gasteiger partial charge in [-0.2, -0.15) is 0 Å². The third kappa shape index (κ3) is 42.2. The molecule has 0 aromatic heterocycles. The van der Waals surface area contributed by atoms with Gasteiger partial charge >= 0.3 is 5.97 Å². The number of aliphatic hydroxyl groups is 2. The molecule has 6 nitrogen and oxygen atoms in total. The van der Waals surface area contributed by atoms with E-state index < -0.39 is 12.1 Å². The largest absolute Gasteiger partial charge is 0.466 e. The van der Waals surface area contributed by atoms with E-state index >= 15 is 0 Å². The molecule has 0 fully saturated rings. The predicted molar refractivity (Wildman–Crippen MR) is 241 cm³/mol. The number of nitrogens with one attached hydrogen (secondary N) is 1. The number of allylic oxidation sites excluding steroid dienone is 1. The van der Waals surface area contributed by atoms with E-state index in [4.69, 9.17) is 4.74 Å². The Bertz CT molecular complexity index is 832. The molecule has 56 heavy (non-hydrogen) atoms. The maximum Gasteiger partial charge on any atom is 0.305 e. The molecule has 3 N–H and O–H groups in total. The number of ether oxygens (including phenoxy) is 1. The number of carbonyl (C=O) groups excluding carboxylic acids is 2. The van der Waals surface area contributed by atoms with Crippen molar-refractivity contribution >= 4 is 11.9 Å². The van der Waals surface area contributed by atoms with Crippen LogP contribution >= 0.6 is 0 Å². The van der Waals surface area contributed by atoms with Crippen molar-refractivity contribution < 1.29 is 24.5 Å². The van der Waals surface area contributed by atoms with Crippen LogP contribution in [0.25, 0.3) is 0 Å². The second kappa shape index (κ2) is 46.3. The van der Waals surface area contributed by atoms with E-state index in [9.17, 15) is 19.8 Å². The third-order valence-electron chi connectivity index (χ3n) is 11.6. The normalized spacial score (nSPS) is 12.7. The second-order valence-corrected chi connectivity index (χ2v) is 17.2. The average Bonchev–Trinajstić information content (AvgIpc) is 3.20. The van der Waals surface area contributed by atoms with Gasteiger partial charge in [0.05, 0.1) is 25.4 Å². The maximum atomic E-state index is 12.4. The van der Waals surface area contributed by atoms with Gasteiger partial charge in [-0.25, -0.2) is 0 Å². The fourth-order valence-corrected chi connectivity index (χ4v) is 7.69. The zero-order chi connectivity index (χ0) is 40.8. The van der Waals surface area contributed by atoms with Gasteiger partial charge in [-0.1, -0.05) is 238 Å². The van der Waals surface area contributed by atoms with Crippen molar-refractivity contribution in [3.05, 3.63) is 12.2 Å². The summed E-state index contributed by atoms with van der Waals surface area (Å²) in [5.41, 5.74) is 0. The molecule has 0 heterocycles. The maximum absolute atomic E-state index is 12.4. The molecule has 0 aliphatic heterocycles. The fourth-order valence-electron chi connectivity index (χ4n) is 7.69. The Morgan fingerprint density at radius 2 is 0.821 bits per heavy atom. The molecule has 0 aromatic carbocycles. The van der Waals surface area contributed by atoms with Crippen molar-refractivity contribution in [3.63, 3.8) is 0 Å². The Labute approximate surface area is 349 Å². The van der Waals surface area contributed by atoms with Crippen LogP contribution in [0.2, 0.25) is 0 Å². The van der Waals surface area contributed by atoms with Gasteiger partial charge in [0, 0.05) is 12.8 Å². The van der Waals surface area contributed by atoms with E-state index in [-0.39, 0.29) is 18.5 Å². The Morgan fingerprint density at radius 3 is 1.21 bits per heavy atom. The van der Waals surface area contributed by atoms with Gasteiger partial charge < -0.3 is 20.3 Å². The van der Waals surface area contributed by atoms with Gasteiger partial charge in [-0.15, -0.1) is 0 Å². The molecule has 0 saturated heterocycles. The number of unbranched alkanes of at least 4 members (excludes halogenated alkanes) is 35. The van der Waals surface area contributed by atoms with Crippen molar-refractivity contribution in [2.24, 2.45) is 0 Å². The summed E-state index contributed by atoms with van der Waals surface area (Å²) in [5, 5.41) is 22.9. The molecule has 0 bridgehead atoms. The van der Waals surface area contributed by atoms with E-state index in [0.29, 0.717) is 19.4 Å². The molecule has 1 amide bonds. The molecule has 2 atom stereocenters. The molecule has 0 radical (unpaired) electrons. The first-order chi connectivity index (χ1) is 27.5. The Balaban J connectivity index is 3.39. The van der Waals surface area contributed by atoms with Gasteiger partial charge in [-0.05, 0) is 32.1 Å². The molecule has 0 aromatic rings. The van der Waals surface area contributed by atoms with Gasteiger partial charge in [0.2, 0.25) is 5.91 Å². The molecule has 0 saturated carbocycles. The summed E-state index contributed by atoms with van der Waals surface area (Å²) in [7, 11) is 0. The Kier molecular flexibility index (Phi) is 45.1. The fraction of sp³-hybridized carbons (Fsp3) is 0.920. The second-order valence-electron chi connectivity index (χ2n) is 17.2. The van der Waals surface area contributed by atoms with Crippen molar-refractivity contribution in [2.45, 2.75) is 283 Å². The SMILES string of the molecule is CCCCCCCCC/C=C/C(O)C(CO)NC(=O)CCCCCCCCCCCCCCCCCCCCCOC(=O)CCCCCCCCCCCCC.